The molecule has 0 saturated heterocycles. The molecular formula is C23H18F3N5O2. The van der Waals surface area contributed by atoms with Crippen LogP contribution in [0, 0.1) is 0 Å². The maximum atomic E-state index is 13.0. The summed E-state index contributed by atoms with van der Waals surface area (Å²) in [5.74, 6) is -0.542. The van der Waals surface area contributed by atoms with E-state index < -0.39 is 17.7 Å². The van der Waals surface area contributed by atoms with E-state index in [0.717, 1.165) is 23.9 Å². The molecule has 0 spiro atoms. The number of para-hydroxylation sites is 1. The van der Waals surface area contributed by atoms with Crippen molar-refractivity contribution in [3.05, 3.63) is 83.8 Å². The van der Waals surface area contributed by atoms with Gasteiger partial charge >= 0.3 is 12.1 Å². The van der Waals surface area contributed by atoms with Crippen LogP contribution in [0.1, 0.15) is 34.5 Å². The van der Waals surface area contributed by atoms with E-state index in [0.29, 0.717) is 22.4 Å². The predicted octanol–water partition coefficient (Wildman–Crippen LogP) is 5.66. The molecule has 2 aromatic heterocycles. The van der Waals surface area contributed by atoms with Crippen molar-refractivity contribution in [1.29, 1.82) is 0 Å². The Morgan fingerprint density at radius 1 is 1.03 bits per heavy atom. The Hall–Kier alpha value is -4.21. The first-order valence-electron chi connectivity index (χ1n) is 9.86. The van der Waals surface area contributed by atoms with Crippen LogP contribution in [0.5, 0.6) is 0 Å². The molecule has 168 valence electrons. The number of halogens is 3. The minimum Gasteiger partial charge on any atom is -0.478 e. The number of carboxylic acid groups (broad SMARTS) is 1. The zero-order valence-electron chi connectivity index (χ0n) is 17.3. The number of carboxylic acids is 1. The molecule has 0 aliphatic heterocycles. The molecule has 2 heterocycles. The van der Waals surface area contributed by atoms with Crippen LogP contribution < -0.4 is 10.6 Å². The summed E-state index contributed by atoms with van der Waals surface area (Å²) in [5.41, 5.74) is 0.996. The molecule has 7 nitrogen and oxygen atoms in total. The normalized spacial score (nSPS) is 12.4. The quantitative estimate of drug-likeness (QED) is 0.346. The molecule has 1 atom stereocenters. The fourth-order valence-corrected chi connectivity index (χ4v) is 3.37. The molecule has 0 aliphatic carbocycles. The average Bonchev–Trinajstić information content (AvgIpc) is 2.78. The molecule has 0 fully saturated rings. The number of nitrogens with one attached hydrogen (secondary N) is 2. The topological polar surface area (TPSA) is 100 Å². The van der Waals surface area contributed by atoms with Gasteiger partial charge in [0.05, 0.1) is 22.7 Å². The van der Waals surface area contributed by atoms with Gasteiger partial charge in [0, 0.05) is 17.3 Å². The van der Waals surface area contributed by atoms with Crippen LogP contribution in [0.3, 0.4) is 0 Å². The molecule has 0 amide bonds. The van der Waals surface area contributed by atoms with E-state index in [1.54, 1.807) is 30.3 Å². The van der Waals surface area contributed by atoms with Gasteiger partial charge in [-0.2, -0.15) is 13.2 Å². The van der Waals surface area contributed by atoms with Crippen molar-refractivity contribution in [3.63, 3.8) is 0 Å². The largest absolute Gasteiger partial charge is 0.478 e. The number of rotatable bonds is 6. The van der Waals surface area contributed by atoms with E-state index >= 15 is 0 Å². The second kappa shape index (κ2) is 8.73. The number of aromatic nitrogens is 3. The summed E-state index contributed by atoms with van der Waals surface area (Å²) in [6.07, 6.45) is -2.06. The SMILES string of the molecule is CC(Nc1ncnc2c(C(=O)O)cccc12)c1cccc(Nc2cc(C(F)(F)F)ccn2)c1. The molecule has 33 heavy (non-hydrogen) atoms. The lowest BCUT2D eigenvalue weighted by Gasteiger charge is -2.18. The summed E-state index contributed by atoms with van der Waals surface area (Å²) in [5, 5.41) is 16.1. The molecule has 3 N–H and O–H groups in total. The van der Waals surface area contributed by atoms with Crippen molar-refractivity contribution in [2.24, 2.45) is 0 Å². The summed E-state index contributed by atoms with van der Waals surface area (Å²) in [6, 6.07) is 13.6. The molecule has 10 heteroatoms. The van der Waals surface area contributed by atoms with Crippen LogP contribution in [0.2, 0.25) is 0 Å². The van der Waals surface area contributed by atoms with Crippen LogP contribution in [0.15, 0.2) is 67.1 Å². The third kappa shape index (κ3) is 4.84. The summed E-state index contributed by atoms with van der Waals surface area (Å²) in [7, 11) is 0. The van der Waals surface area contributed by atoms with Crippen molar-refractivity contribution >= 4 is 34.2 Å². The summed E-state index contributed by atoms with van der Waals surface area (Å²) >= 11 is 0. The molecule has 1 unspecified atom stereocenters. The fraction of sp³-hybridized carbons (Fsp3) is 0.130. The minimum absolute atomic E-state index is 0.0744. The molecule has 0 bridgehead atoms. The maximum absolute atomic E-state index is 13.0. The van der Waals surface area contributed by atoms with Crippen molar-refractivity contribution in [2.75, 3.05) is 10.6 Å². The number of hydrogen-bond donors (Lipinski definition) is 3. The number of hydrogen-bond acceptors (Lipinski definition) is 6. The second-order valence-electron chi connectivity index (χ2n) is 7.27. The number of anilines is 3. The average molecular weight is 453 g/mol. The third-order valence-electron chi connectivity index (χ3n) is 4.99. The van der Waals surface area contributed by atoms with Crippen LogP contribution in [0.4, 0.5) is 30.5 Å². The lowest BCUT2D eigenvalue weighted by Crippen LogP contribution is -2.10. The number of alkyl halides is 3. The fourth-order valence-electron chi connectivity index (χ4n) is 3.37. The summed E-state index contributed by atoms with van der Waals surface area (Å²) in [6.45, 7) is 1.89. The first kappa shape index (κ1) is 22.0. The van der Waals surface area contributed by atoms with E-state index in [1.807, 2.05) is 13.0 Å². The Labute approximate surface area is 186 Å². The van der Waals surface area contributed by atoms with E-state index in [1.165, 1.54) is 12.4 Å². The monoisotopic (exact) mass is 453 g/mol. The molecule has 0 saturated carbocycles. The molecule has 2 aromatic carbocycles. The third-order valence-corrected chi connectivity index (χ3v) is 4.99. The van der Waals surface area contributed by atoms with E-state index in [2.05, 4.69) is 25.6 Å². The number of aromatic carboxylic acids is 1. The standard InChI is InChI=1S/C23H18F3N5O2/c1-13(30-21-17-6-3-7-18(22(32)33)20(17)28-12-29-21)14-4-2-5-16(10-14)31-19-11-15(8-9-27-19)23(24,25)26/h2-13H,1H3,(H,27,31)(H,32,33)(H,28,29,30). The summed E-state index contributed by atoms with van der Waals surface area (Å²) < 4.78 is 38.9. The van der Waals surface area contributed by atoms with E-state index in [4.69, 9.17) is 0 Å². The van der Waals surface area contributed by atoms with Crippen molar-refractivity contribution in [3.8, 4) is 0 Å². The van der Waals surface area contributed by atoms with Gasteiger partial charge in [0.1, 0.15) is 18.0 Å². The lowest BCUT2D eigenvalue weighted by atomic mass is 10.1. The van der Waals surface area contributed by atoms with Gasteiger partial charge in [0.25, 0.3) is 0 Å². The Balaban J connectivity index is 1.57. The first-order valence-corrected chi connectivity index (χ1v) is 9.86. The molecule has 0 aliphatic rings. The van der Waals surface area contributed by atoms with Crippen LogP contribution in [-0.2, 0) is 6.18 Å². The van der Waals surface area contributed by atoms with Crippen molar-refractivity contribution in [1.82, 2.24) is 15.0 Å². The van der Waals surface area contributed by atoms with Gasteiger partial charge in [-0.3, -0.25) is 0 Å². The Kier molecular flexibility index (Phi) is 5.82. The Morgan fingerprint density at radius 3 is 2.58 bits per heavy atom. The maximum Gasteiger partial charge on any atom is 0.416 e. The molecule has 0 radical (unpaired) electrons. The van der Waals surface area contributed by atoms with Crippen LogP contribution >= 0.6 is 0 Å². The highest BCUT2D eigenvalue weighted by Crippen LogP contribution is 2.31. The van der Waals surface area contributed by atoms with Gasteiger partial charge in [0.15, 0.2) is 0 Å². The Bertz CT molecular complexity index is 1330. The number of nitrogens with zero attached hydrogens (tertiary/aromatic N) is 3. The highest BCUT2D eigenvalue weighted by Gasteiger charge is 2.30. The number of benzene rings is 2. The molecule has 4 aromatic rings. The van der Waals surface area contributed by atoms with Crippen molar-refractivity contribution < 1.29 is 23.1 Å². The van der Waals surface area contributed by atoms with Crippen LogP contribution in [-0.4, -0.2) is 26.0 Å². The van der Waals surface area contributed by atoms with Gasteiger partial charge in [-0.15, -0.1) is 0 Å². The smallest absolute Gasteiger partial charge is 0.416 e. The zero-order chi connectivity index (χ0) is 23.6. The van der Waals surface area contributed by atoms with Gasteiger partial charge < -0.3 is 15.7 Å². The lowest BCUT2D eigenvalue weighted by molar-refractivity contribution is -0.137. The number of carbonyl (C=O) groups is 1. The van der Waals surface area contributed by atoms with Gasteiger partial charge in [-0.25, -0.2) is 19.7 Å². The van der Waals surface area contributed by atoms with Crippen molar-refractivity contribution in [2.45, 2.75) is 19.1 Å². The number of pyridine rings is 1. The molecular weight excluding hydrogens is 435 g/mol. The first-order chi connectivity index (χ1) is 15.7. The summed E-state index contributed by atoms with van der Waals surface area (Å²) in [4.78, 5) is 23.8. The van der Waals surface area contributed by atoms with E-state index in [9.17, 15) is 23.1 Å². The minimum atomic E-state index is -4.46. The van der Waals surface area contributed by atoms with E-state index in [-0.39, 0.29) is 17.4 Å². The van der Waals surface area contributed by atoms with Gasteiger partial charge in [-0.1, -0.05) is 18.2 Å². The van der Waals surface area contributed by atoms with Gasteiger partial charge in [0.2, 0.25) is 0 Å². The highest BCUT2D eigenvalue weighted by atomic mass is 19.4. The molecule has 4 rings (SSSR count). The number of fused-ring (bicyclic) bond motifs is 1. The zero-order valence-corrected chi connectivity index (χ0v) is 17.3. The predicted molar refractivity (Wildman–Crippen MR) is 117 cm³/mol. The van der Waals surface area contributed by atoms with Crippen LogP contribution in [0.25, 0.3) is 10.9 Å². The van der Waals surface area contributed by atoms with Gasteiger partial charge in [-0.05, 0) is 48.9 Å². The Morgan fingerprint density at radius 2 is 1.82 bits per heavy atom. The highest BCUT2D eigenvalue weighted by molar-refractivity contribution is 6.04. The second-order valence-corrected chi connectivity index (χ2v) is 7.27.